The lowest BCUT2D eigenvalue weighted by Crippen LogP contribution is -1.90. The topological polar surface area (TPSA) is 13.1 Å². The largest absolute Gasteiger partial charge is 0.455 e. The van der Waals surface area contributed by atoms with Crippen molar-refractivity contribution >= 4 is 65.0 Å². The van der Waals surface area contributed by atoms with E-state index in [1.807, 2.05) is 109 Å². The lowest BCUT2D eigenvalue weighted by Gasteiger charge is -2.18. The van der Waals surface area contributed by atoms with E-state index in [1.54, 1.807) is 6.07 Å². The molecule has 0 amide bonds. The van der Waals surface area contributed by atoms with Gasteiger partial charge in [0.1, 0.15) is 11.2 Å². The van der Waals surface area contributed by atoms with Crippen LogP contribution in [0.1, 0.15) is 8.22 Å². The van der Waals surface area contributed by atoms with Crippen LogP contribution in [0.3, 0.4) is 0 Å². The summed E-state index contributed by atoms with van der Waals surface area (Å²) in [5.41, 5.74) is 6.81. The summed E-state index contributed by atoms with van der Waals surface area (Å²) in [4.78, 5) is 0. The Morgan fingerprint density at radius 2 is 0.925 bits per heavy atom. The van der Waals surface area contributed by atoms with Gasteiger partial charge in [-0.1, -0.05) is 164 Å². The van der Waals surface area contributed by atoms with E-state index in [0.29, 0.717) is 16.7 Å². The first kappa shape index (κ1) is 24.3. The molecule has 10 aromatic carbocycles. The van der Waals surface area contributed by atoms with E-state index in [1.165, 1.54) is 0 Å². The molecule has 0 aliphatic rings. The van der Waals surface area contributed by atoms with Gasteiger partial charge >= 0.3 is 0 Å². The number of hydrogen-bond acceptors (Lipinski definition) is 1. The molecule has 0 aliphatic carbocycles. The third kappa shape index (κ3) is 4.79. The highest BCUT2D eigenvalue weighted by molar-refractivity contribution is 6.21. The molecule has 0 fully saturated rings. The summed E-state index contributed by atoms with van der Waals surface area (Å²) in [6.45, 7) is 0. The zero-order valence-electron chi connectivity index (χ0n) is 34.4. The van der Waals surface area contributed by atoms with Crippen molar-refractivity contribution < 1.29 is 12.6 Å². The number of fused-ring (bicyclic) bond motifs is 7. The molecule has 0 saturated carbocycles. The van der Waals surface area contributed by atoms with E-state index in [4.69, 9.17) is 4.42 Å². The highest BCUT2D eigenvalue weighted by Crippen LogP contribution is 2.44. The fraction of sp³-hybridized carbons (Fsp3) is 0. The second-order valence-corrected chi connectivity index (χ2v) is 13.5. The summed E-state index contributed by atoms with van der Waals surface area (Å²) < 4.78 is 63.5. The molecule has 0 bridgehead atoms. The molecule has 246 valence electrons. The van der Waals surface area contributed by atoms with Crippen molar-refractivity contribution in [3.05, 3.63) is 194 Å². The van der Waals surface area contributed by atoms with Crippen LogP contribution in [0.4, 0.5) is 0 Å². The van der Waals surface area contributed by atoms with Gasteiger partial charge in [0, 0.05) is 16.3 Å². The van der Waals surface area contributed by atoms with Gasteiger partial charge < -0.3 is 4.42 Å². The third-order valence-corrected chi connectivity index (χ3v) is 10.5. The Labute approximate surface area is 315 Å². The van der Waals surface area contributed by atoms with Crippen LogP contribution in [0.2, 0.25) is 0 Å². The number of hydrogen-bond donors (Lipinski definition) is 0. The Kier molecular flexibility index (Phi) is 5.40. The lowest BCUT2D eigenvalue weighted by atomic mass is 9.85. The van der Waals surface area contributed by atoms with Crippen LogP contribution < -0.4 is 0 Å². The minimum Gasteiger partial charge on any atom is -0.455 e. The molecule has 1 aromatic heterocycles. The van der Waals surface area contributed by atoms with Gasteiger partial charge in [-0.3, -0.25) is 0 Å². The quantitative estimate of drug-likeness (QED) is 0.169. The van der Waals surface area contributed by atoms with Crippen molar-refractivity contribution in [2.24, 2.45) is 0 Å². The monoisotopic (exact) mass is 678 g/mol. The molecule has 11 aromatic rings. The van der Waals surface area contributed by atoms with Crippen molar-refractivity contribution in [2.45, 2.75) is 0 Å². The van der Waals surface area contributed by atoms with Gasteiger partial charge in [0.15, 0.2) is 0 Å². The van der Waals surface area contributed by atoms with Gasteiger partial charge in [-0.2, -0.15) is 0 Å². The van der Waals surface area contributed by atoms with E-state index in [2.05, 4.69) is 42.5 Å². The zero-order valence-corrected chi connectivity index (χ0v) is 28.4. The van der Waals surface area contributed by atoms with E-state index >= 15 is 0 Å². The number of benzene rings is 10. The van der Waals surface area contributed by atoms with Crippen LogP contribution in [-0.4, -0.2) is 0 Å². The van der Waals surface area contributed by atoms with Crippen LogP contribution in [-0.2, 0) is 0 Å². The summed E-state index contributed by atoms with van der Waals surface area (Å²) in [5, 5.41) is 7.63. The summed E-state index contributed by atoms with van der Waals surface area (Å²) >= 11 is 0. The Bertz CT molecular complexity index is 3510. The molecule has 0 atom stereocenters. The molecular formula is C52H32O. The molecule has 1 heteroatoms. The highest BCUT2D eigenvalue weighted by Gasteiger charge is 2.17. The maximum atomic E-state index is 9.69. The van der Waals surface area contributed by atoms with Crippen LogP contribution >= 0.6 is 0 Å². The van der Waals surface area contributed by atoms with Crippen molar-refractivity contribution in [1.29, 1.82) is 0 Å². The summed E-state index contributed by atoms with van der Waals surface area (Å²) in [7, 11) is 0. The van der Waals surface area contributed by atoms with Crippen LogP contribution in [0.5, 0.6) is 0 Å². The molecule has 11 rings (SSSR count). The van der Waals surface area contributed by atoms with Crippen molar-refractivity contribution in [1.82, 2.24) is 0 Å². The second-order valence-electron chi connectivity index (χ2n) is 13.5. The molecule has 0 unspecified atom stereocenters. The minimum atomic E-state index is -0.261. The SMILES string of the molecule is [2H]c1c(-c2c3ccccc3c(-c3ccccc3)c3ccccc23)c([2H])c2c([2H])c([2H])c(-c3ccc4c(c3)oc3c(-c5ccc6ccccc6c5)cccc34)c([2H])c2c1[2H]. The smallest absolute Gasteiger partial charge is 0.143 e. The molecule has 53 heavy (non-hydrogen) atoms. The maximum Gasteiger partial charge on any atom is 0.143 e. The predicted octanol–water partition coefficient (Wildman–Crippen LogP) is 14.9. The Morgan fingerprint density at radius 3 is 1.66 bits per heavy atom. The number of furan rings is 1. The molecule has 1 heterocycles. The lowest BCUT2D eigenvalue weighted by molar-refractivity contribution is 0.670. The molecule has 0 radical (unpaired) electrons. The van der Waals surface area contributed by atoms with Gasteiger partial charge in [-0.15, -0.1) is 0 Å². The summed E-state index contributed by atoms with van der Waals surface area (Å²) in [5.74, 6) is 0. The number of rotatable bonds is 4. The first-order chi connectivity index (χ1) is 28.8. The molecule has 0 spiro atoms. The molecular weight excluding hydrogens is 641 g/mol. The molecule has 0 aliphatic heterocycles. The fourth-order valence-corrected chi connectivity index (χ4v) is 8.00. The summed E-state index contributed by atoms with van der Waals surface area (Å²) in [6, 6.07) is 50.9. The zero-order chi connectivity index (χ0) is 40.1. The van der Waals surface area contributed by atoms with Gasteiger partial charge in [0.05, 0.1) is 8.22 Å². The average Bonchev–Trinajstić information content (AvgIpc) is 3.65. The Hall–Kier alpha value is -6.96. The maximum absolute atomic E-state index is 9.69. The normalized spacial score (nSPS) is 13.4. The van der Waals surface area contributed by atoms with Gasteiger partial charge in [0.2, 0.25) is 0 Å². The van der Waals surface area contributed by atoms with Crippen molar-refractivity contribution in [3.63, 3.8) is 0 Å². The summed E-state index contributed by atoms with van der Waals surface area (Å²) in [6.07, 6.45) is 0. The van der Waals surface area contributed by atoms with Crippen LogP contribution in [0.25, 0.3) is 110 Å². The molecule has 1 nitrogen and oxygen atoms in total. The average molecular weight is 679 g/mol. The van der Waals surface area contributed by atoms with Gasteiger partial charge in [0.25, 0.3) is 0 Å². The fourth-order valence-electron chi connectivity index (χ4n) is 8.00. The second kappa shape index (κ2) is 11.8. The van der Waals surface area contributed by atoms with E-state index in [-0.39, 0.29) is 58.2 Å². The first-order valence-electron chi connectivity index (χ1n) is 20.8. The molecule has 0 saturated heterocycles. The van der Waals surface area contributed by atoms with Crippen LogP contribution in [0, 0.1) is 0 Å². The minimum absolute atomic E-state index is 0.0116. The first-order valence-corrected chi connectivity index (χ1v) is 17.8. The Balaban J connectivity index is 1.12. The third-order valence-electron chi connectivity index (χ3n) is 10.5. The van der Waals surface area contributed by atoms with Crippen molar-refractivity contribution in [2.75, 3.05) is 0 Å². The van der Waals surface area contributed by atoms with Gasteiger partial charge in [-0.05, 0) is 112 Å². The van der Waals surface area contributed by atoms with E-state index in [9.17, 15) is 8.22 Å². The Morgan fingerprint density at radius 1 is 0.340 bits per heavy atom. The van der Waals surface area contributed by atoms with Crippen LogP contribution in [0.15, 0.2) is 198 Å². The molecule has 0 N–H and O–H groups in total. The van der Waals surface area contributed by atoms with Gasteiger partial charge in [-0.25, -0.2) is 0 Å². The predicted molar refractivity (Wildman–Crippen MR) is 225 cm³/mol. The van der Waals surface area contributed by atoms with Crippen molar-refractivity contribution in [3.8, 4) is 44.5 Å². The van der Waals surface area contributed by atoms with E-state index in [0.717, 1.165) is 70.9 Å². The standard InChI is InChI=1S/C52H32O/c1-2-12-34(13-3-1)50-44-15-6-8-17-46(44)51(47-18-9-7-16-45(47)50)41-26-24-36-29-37(22-23-38(36)31-41)39-27-28-43-48-20-10-19-42(52(48)53-49(43)32-39)40-25-21-33-11-4-5-14-35(33)30-40/h1-32H/i22D,23D,24D,26D,29D,31D. The highest BCUT2D eigenvalue weighted by atomic mass is 16.3. The number of para-hydroxylation sites is 1. The van der Waals surface area contributed by atoms with E-state index < -0.39 is 0 Å².